The highest BCUT2D eigenvalue weighted by atomic mass is 127. The van der Waals surface area contributed by atoms with Crippen molar-refractivity contribution in [2.45, 2.75) is 51.2 Å². The molecule has 1 saturated carbocycles. The van der Waals surface area contributed by atoms with E-state index in [1.54, 1.807) is 0 Å². The fourth-order valence-corrected chi connectivity index (χ4v) is 3.44. The minimum absolute atomic E-state index is 0.135. The Morgan fingerprint density at radius 3 is 2.61 bits per heavy atom. The van der Waals surface area contributed by atoms with Gasteiger partial charge >= 0.3 is 0 Å². The zero-order valence-electron chi connectivity index (χ0n) is 11.4. The van der Waals surface area contributed by atoms with Crippen molar-refractivity contribution in [2.75, 3.05) is 4.43 Å². The second-order valence-electron chi connectivity index (χ2n) is 5.74. The molecule has 0 aromatic heterocycles. The van der Waals surface area contributed by atoms with E-state index in [0.29, 0.717) is 6.10 Å². The van der Waals surface area contributed by atoms with E-state index in [1.165, 1.54) is 31.2 Å². The van der Waals surface area contributed by atoms with Gasteiger partial charge in [0.1, 0.15) is 0 Å². The second kappa shape index (κ2) is 6.38. The summed E-state index contributed by atoms with van der Waals surface area (Å²) in [5.41, 5.74) is 1.17. The van der Waals surface area contributed by atoms with Crippen LogP contribution in [0.25, 0.3) is 0 Å². The van der Waals surface area contributed by atoms with E-state index in [2.05, 4.69) is 66.8 Å². The Balaban J connectivity index is 2.08. The minimum atomic E-state index is -0.135. The van der Waals surface area contributed by atoms with Crippen LogP contribution in [0, 0.1) is 5.92 Å². The molecule has 0 saturated heterocycles. The molecule has 1 nitrogen and oxygen atoms in total. The van der Waals surface area contributed by atoms with E-state index in [0.717, 1.165) is 10.3 Å². The van der Waals surface area contributed by atoms with Crippen molar-refractivity contribution in [3.05, 3.63) is 35.9 Å². The lowest BCUT2D eigenvalue weighted by Gasteiger charge is -2.36. The zero-order valence-corrected chi connectivity index (χ0v) is 13.5. The van der Waals surface area contributed by atoms with Crippen molar-refractivity contribution in [2.24, 2.45) is 5.92 Å². The summed E-state index contributed by atoms with van der Waals surface area (Å²) in [6, 6.07) is 10.6. The summed E-state index contributed by atoms with van der Waals surface area (Å²) >= 11 is 2.45. The third-order valence-electron chi connectivity index (χ3n) is 3.95. The molecule has 3 atom stereocenters. The highest BCUT2D eigenvalue weighted by molar-refractivity contribution is 14.1. The normalized spacial score (nSPS) is 27.7. The van der Waals surface area contributed by atoms with E-state index >= 15 is 0 Å². The van der Waals surface area contributed by atoms with Gasteiger partial charge in [-0.25, -0.2) is 0 Å². The van der Waals surface area contributed by atoms with Gasteiger partial charge in [-0.1, -0.05) is 72.7 Å². The van der Waals surface area contributed by atoms with Gasteiger partial charge < -0.3 is 4.74 Å². The SMILES string of the molecule is CC1CCCC(OC(C)(CI)c2ccccc2)C1. The van der Waals surface area contributed by atoms with Crippen LogP contribution in [-0.2, 0) is 10.3 Å². The number of benzene rings is 1. The maximum Gasteiger partial charge on any atom is 0.0996 e. The predicted molar refractivity (Wildman–Crippen MR) is 85.2 cm³/mol. The topological polar surface area (TPSA) is 9.23 Å². The molecule has 1 aromatic rings. The van der Waals surface area contributed by atoms with Crippen molar-refractivity contribution in [3.8, 4) is 0 Å². The Labute approximate surface area is 124 Å². The first-order valence-corrected chi connectivity index (χ1v) is 8.46. The molecule has 0 spiro atoms. The first-order valence-electron chi connectivity index (χ1n) is 6.93. The maximum absolute atomic E-state index is 6.48. The van der Waals surface area contributed by atoms with E-state index in [-0.39, 0.29) is 5.60 Å². The van der Waals surface area contributed by atoms with Crippen LogP contribution in [0.1, 0.15) is 45.1 Å². The van der Waals surface area contributed by atoms with E-state index in [4.69, 9.17) is 4.74 Å². The molecule has 1 aliphatic carbocycles. The molecule has 0 N–H and O–H groups in total. The molecule has 18 heavy (non-hydrogen) atoms. The van der Waals surface area contributed by atoms with Gasteiger partial charge in [0.05, 0.1) is 11.7 Å². The third-order valence-corrected chi connectivity index (χ3v) is 5.41. The summed E-state index contributed by atoms with van der Waals surface area (Å²) in [4.78, 5) is 0. The van der Waals surface area contributed by atoms with Crippen LogP contribution >= 0.6 is 22.6 Å². The highest BCUT2D eigenvalue weighted by Crippen LogP contribution is 2.34. The van der Waals surface area contributed by atoms with E-state index < -0.39 is 0 Å². The lowest BCUT2D eigenvalue weighted by atomic mass is 9.87. The fourth-order valence-electron chi connectivity index (χ4n) is 2.82. The molecule has 0 radical (unpaired) electrons. The van der Waals surface area contributed by atoms with Gasteiger partial charge in [0.15, 0.2) is 0 Å². The Morgan fingerprint density at radius 1 is 1.28 bits per heavy atom. The second-order valence-corrected chi connectivity index (χ2v) is 6.50. The summed E-state index contributed by atoms with van der Waals surface area (Å²) in [6.07, 6.45) is 5.57. The fraction of sp³-hybridized carbons (Fsp3) is 0.625. The monoisotopic (exact) mass is 358 g/mol. The average molecular weight is 358 g/mol. The molecule has 100 valence electrons. The van der Waals surface area contributed by atoms with Crippen LogP contribution in [0.4, 0.5) is 0 Å². The molecule has 2 heteroatoms. The van der Waals surface area contributed by atoms with Gasteiger partial charge in [-0.05, 0) is 31.2 Å². The smallest absolute Gasteiger partial charge is 0.0996 e. The first kappa shape index (κ1) is 14.3. The summed E-state index contributed by atoms with van der Waals surface area (Å²) in [6.45, 7) is 4.58. The van der Waals surface area contributed by atoms with E-state index in [1.807, 2.05) is 0 Å². The van der Waals surface area contributed by atoms with Crippen molar-refractivity contribution >= 4 is 22.6 Å². The van der Waals surface area contributed by atoms with Crippen molar-refractivity contribution in [3.63, 3.8) is 0 Å². The number of hydrogen-bond acceptors (Lipinski definition) is 1. The largest absolute Gasteiger partial charge is 0.367 e. The quantitative estimate of drug-likeness (QED) is 0.548. The maximum atomic E-state index is 6.48. The summed E-state index contributed by atoms with van der Waals surface area (Å²) in [7, 11) is 0. The molecule has 0 amide bonds. The average Bonchev–Trinajstić information content (AvgIpc) is 2.39. The Bertz CT molecular complexity index is 365. The lowest BCUT2D eigenvalue weighted by molar-refractivity contribution is -0.0906. The molecule has 0 heterocycles. The van der Waals surface area contributed by atoms with E-state index in [9.17, 15) is 0 Å². The number of ether oxygens (including phenoxy) is 1. The molecule has 0 aliphatic heterocycles. The number of hydrogen-bond donors (Lipinski definition) is 0. The molecule has 2 rings (SSSR count). The van der Waals surface area contributed by atoms with Gasteiger partial charge in [-0.2, -0.15) is 0 Å². The third kappa shape index (κ3) is 3.47. The van der Waals surface area contributed by atoms with Gasteiger partial charge in [0.2, 0.25) is 0 Å². The van der Waals surface area contributed by atoms with Crippen LogP contribution in [0.5, 0.6) is 0 Å². The van der Waals surface area contributed by atoms with Crippen LogP contribution < -0.4 is 0 Å². The van der Waals surface area contributed by atoms with Crippen molar-refractivity contribution in [1.82, 2.24) is 0 Å². The van der Waals surface area contributed by atoms with Crippen molar-refractivity contribution < 1.29 is 4.74 Å². The molecular weight excluding hydrogens is 335 g/mol. The van der Waals surface area contributed by atoms with Gasteiger partial charge in [0, 0.05) is 4.43 Å². The zero-order chi connectivity index (χ0) is 13.0. The van der Waals surface area contributed by atoms with Gasteiger partial charge in [-0.15, -0.1) is 0 Å². The van der Waals surface area contributed by atoms with Crippen LogP contribution in [0.3, 0.4) is 0 Å². The Morgan fingerprint density at radius 2 is 2.00 bits per heavy atom. The summed E-state index contributed by atoms with van der Waals surface area (Å²) < 4.78 is 7.48. The molecule has 1 fully saturated rings. The van der Waals surface area contributed by atoms with Crippen LogP contribution in [0.2, 0.25) is 0 Å². The standard InChI is InChI=1S/C16H23IO/c1-13-7-6-10-15(11-13)18-16(2,12-17)14-8-4-3-5-9-14/h3-5,8-9,13,15H,6-7,10-12H2,1-2H3. The van der Waals surface area contributed by atoms with Gasteiger partial charge in [0.25, 0.3) is 0 Å². The molecule has 3 unspecified atom stereocenters. The Kier molecular flexibility index (Phi) is 5.07. The predicted octanol–water partition coefficient (Wildman–Crippen LogP) is 4.93. The first-order chi connectivity index (χ1) is 8.64. The number of alkyl halides is 1. The van der Waals surface area contributed by atoms with Gasteiger partial charge in [-0.3, -0.25) is 0 Å². The highest BCUT2D eigenvalue weighted by Gasteiger charge is 2.31. The number of halogens is 1. The summed E-state index contributed by atoms with van der Waals surface area (Å²) in [5, 5.41) is 0. The number of rotatable bonds is 4. The molecular formula is C16H23IO. The Hall–Kier alpha value is -0.0900. The molecule has 1 aromatic carbocycles. The molecule has 0 bridgehead atoms. The molecule has 1 aliphatic rings. The van der Waals surface area contributed by atoms with Crippen LogP contribution in [-0.4, -0.2) is 10.5 Å². The van der Waals surface area contributed by atoms with Crippen molar-refractivity contribution in [1.29, 1.82) is 0 Å². The summed E-state index contributed by atoms with van der Waals surface area (Å²) in [5.74, 6) is 0.818. The lowest BCUT2D eigenvalue weighted by Crippen LogP contribution is -2.35. The van der Waals surface area contributed by atoms with Crippen LogP contribution in [0.15, 0.2) is 30.3 Å². The minimum Gasteiger partial charge on any atom is -0.367 e.